The maximum absolute atomic E-state index is 13.5. The third-order valence-corrected chi connectivity index (χ3v) is 7.40. The summed E-state index contributed by atoms with van der Waals surface area (Å²) in [6.07, 6.45) is 1.84. The van der Waals surface area contributed by atoms with Gasteiger partial charge in [-0.2, -0.15) is 18.3 Å². The molecule has 200 valence electrons. The zero-order valence-corrected chi connectivity index (χ0v) is 20.6. The number of nitrogens with zero attached hydrogens (tertiary/aromatic N) is 5. The molecule has 2 aromatic heterocycles. The largest absolute Gasteiger partial charge is 0.484 e. The summed E-state index contributed by atoms with van der Waals surface area (Å²) in [6.45, 7) is -0.803. The Balaban J connectivity index is 1.30. The molecular formula is C25H26F3N7O3. The van der Waals surface area contributed by atoms with Crippen LogP contribution >= 0.6 is 0 Å². The van der Waals surface area contributed by atoms with Crippen LogP contribution in [-0.4, -0.2) is 49.4 Å². The van der Waals surface area contributed by atoms with Crippen LogP contribution in [0.4, 0.5) is 19.0 Å². The van der Waals surface area contributed by atoms with Gasteiger partial charge in [0.1, 0.15) is 17.1 Å². The average molecular weight is 530 g/mol. The zero-order chi connectivity index (χ0) is 26.7. The molecule has 0 saturated heterocycles. The van der Waals surface area contributed by atoms with Crippen molar-refractivity contribution in [3.63, 3.8) is 0 Å². The summed E-state index contributed by atoms with van der Waals surface area (Å²) in [6, 6.07) is 4.83. The van der Waals surface area contributed by atoms with Crippen LogP contribution in [0.5, 0.6) is 5.75 Å². The molecule has 0 unspecified atom stereocenters. The number of nitrogens with one attached hydrogen (secondary N) is 2. The second-order valence-electron chi connectivity index (χ2n) is 10.3. The molecule has 1 atom stereocenters. The first-order valence-corrected chi connectivity index (χ1v) is 12.5. The van der Waals surface area contributed by atoms with Crippen molar-refractivity contribution in [2.24, 2.45) is 13.0 Å². The molecule has 3 heterocycles. The van der Waals surface area contributed by atoms with E-state index in [4.69, 9.17) is 9.84 Å². The summed E-state index contributed by atoms with van der Waals surface area (Å²) < 4.78 is 45.8. The highest BCUT2D eigenvalue weighted by molar-refractivity contribution is 6.08. The Morgan fingerprint density at radius 3 is 2.84 bits per heavy atom. The van der Waals surface area contributed by atoms with Crippen LogP contribution in [0.25, 0.3) is 0 Å². The van der Waals surface area contributed by atoms with Gasteiger partial charge in [-0.1, -0.05) is 24.1 Å². The number of aryl methyl sites for hydroxylation is 3. The molecule has 3 aromatic rings. The highest BCUT2D eigenvalue weighted by Gasteiger charge is 2.47. The zero-order valence-electron chi connectivity index (χ0n) is 20.6. The Kier molecular flexibility index (Phi) is 5.69. The van der Waals surface area contributed by atoms with Gasteiger partial charge in [0.25, 0.3) is 11.8 Å². The molecule has 38 heavy (non-hydrogen) atoms. The van der Waals surface area contributed by atoms with Crippen molar-refractivity contribution in [2.75, 3.05) is 11.9 Å². The molecule has 1 saturated carbocycles. The Labute approximate surface area is 215 Å². The van der Waals surface area contributed by atoms with E-state index in [1.807, 2.05) is 0 Å². The Bertz CT molecular complexity index is 1430. The van der Waals surface area contributed by atoms with Gasteiger partial charge in [-0.3, -0.25) is 14.3 Å². The third kappa shape index (κ3) is 4.61. The number of fused-ring (bicyclic) bond motifs is 3. The summed E-state index contributed by atoms with van der Waals surface area (Å²) in [5.41, 5.74) is 1.96. The quantitative estimate of drug-likeness (QED) is 0.486. The molecule has 2 amide bonds. The van der Waals surface area contributed by atoms with Gasteiger partial charge in [-0.15, -0.1) is 5.10 Å². The molecule has 2 N–H and O–H groups in total. The van der Waals surface area contributed by atoms with E-state index in [-0.39, 0.29) is 17.4 Å². The van der Waals surface area contributed by atoms with Crippen molar-refractivity contribution in [3.05, 3.63) is 52.5 Å². The topological polar surface area (TPSA) is 116 Å². The van der Waals surface area contributed by atoms with E-state index in [0.29, 0.717) is 48.8 Å². The molecule has 0 bridgehead atoms. The number of alkyl halides is 3. The van der Waals surface area contributed by atoms with Crippen molar-refractivity contribution in [2.45, 2.75) is 56.8 Å². The number of halogens is 3. The summed E-state index contributed by atoms with van der Waals surface area (Å²) in [7, 11) is 1.66. The molecule has 2 aliphatic carbocycles. The normalized spacial score (nSPS) is 20.3. The first kappa shape index (κ1) is 24.4. The molecule has 0 radical (unpaired) electrons. The van der Waals surface area contributed by atoms with Crippen LogP contribution in [0.1, 0.15) is 63.4 Å². The Morgan fingerprint density at radius 1 is 1.32 bits per heavy atom. The molecule has 10 nitrogen and oxygen atoms in total. The van der Waals surface area contributed by atoms with Crippen LogP contribution < -0.4 is 15.4 Å². The molecule has 3 aliphatic rings. The minimum Gasteiger partial charge on any atom is -0.484 e. The van der Waals surface area contributed by atoms with E-state index < -0.39 is 24.2 Å². The number of hydrogen-bond donors (Lipinski definition) is 2. The van der Waals surface area contributed by atoms with Gasteiger partial charge in [-0.25, -0.2) is 4.68 Å². The van der Waals surface area contributed by atoms with Crippen LogP contribution in [0, 0.1) is 5.92 Å². The minimum atomic E-state index is -4.42. The SMILES string of the molecule is Cn1cc(C(=O)Nc2c3c(nn2CCC2CC2)C[C@]2(CCc4cc(OCC(F)(F)F)ccc42)NC3=O)nn1. The van der Waals surface area contributed by atoms with Crippen molar-refractivity contribution in [3.8, 4) is 5.75 Å². The second kappa shape index (κ2) is 8.84. The molecular weight excluding hydrogens is 503 g/mol. The van der Waals surface area contributed by atoms with E-state index in [1.54, 1.807) is 23.9 Å². The fourth-order valence-electron chi connectivity index (χ4n) is 5.40. The number of anilines is 1. The van der Waals surface area contributed by atoms with Crippen LogP contribution in [-0.2, 0) is 32.0 Å². The Hall–Kier alpha value is -3.90. The standard InChI is InChI=1S/C25H26F3N7O3/c1-34-12-19(31-33-34)22(36)29-21-20-18(32-35(21)9-7-14-2-3-14)11-24(30-23(20)37)8-6-15-10-16(4-5-17(15)24)38-13-25(26,27)28/h4-5,10,12,14H,2-3,6-9,11,13H2,1H3,(H,29,36)(H,30,37)/t24-/m0/s1. The lowest BCUT2D eigenvalue weighted by atomic mass is 9.82. The first-order chi connectivity index (χ1) is 18.1. The van der Waals surface area contributed by atoms with E-state index >= 15 is 0 Å². The second-order valence-corrected chi connectivity index (χ2v) is 10.3. The van der Waals surface area contributed by atoms with Crippen LogP contribution in [0.15, 0.2) is 24.4 Å². The van der Waals surface area contributed by atoms with Gasteiger partial charge in [-0.05, 0) is 48.4 Å². The summed E-state index contributed by atoms with van der Waals surface area (Å²) in [5, 5.41) is 18.4. The Morgan fingerprint density at radius 2 is 2.13 bits per heavy atom. The average Bonchev–Trinajstić information content (AvgIpc) is 3.35. The summed E-state index contributed by atoms with van der Waals surface area (Å²) >= 11 is 0. The van der Waals surface area contributed by atoms with Gasteiger partial charge in [0.2, 0.25) is 0 Å². The number of carbonyl (C=O) groups excluding carboxylic acids is 2. The van der Waals surface area contributed by atoms with Crippen LogP contribution in [0.2, 0.25) is 0 Å². The summed E-state index contributed by atoms with van der Waals surface area (Å²) in [4.78, 5) is 26.4. The van der Waals surface area contributed by atoms with Crippen LogP contribution in [0.3, 0.4) is 0 Å². The van der Waals surface area contributed by atoms with Crippen molar-refractivity contribution in [1.82, 2.24) is 30.1 Å². The molecule has 13 heteroatoms. The minimum absolute atomic E-state index is 0.122. The van der Waals surface area contributed by atoms with Gasteiger partial charge < -0.3 is 15.4 Å². The van der Waals surface area contributed by atoms with E-state index in [1.165, 1.54) is 16.9 Å². The number of carbonyl (C=O) groups is 2. The predicted octanol–water partition coefficient (Wildman–Crippen LogP) is 3.13. The number of ether oxygens (including phenoxy) is 1. The van der Waals surface area contributed by atoms with E-state index in [2.05, 4.69) is 20.9 Å². The number of benzene rings is 1. The number of amides is 2. The number of hydrogen-bond acceptors (Lipinski definition) is 6. The fraction of sp³-hybridized carbons (Fsp3) is 0.480. The first-order valence-electron chi connectivity index (χ1n) is 12.5. The monoisotopic (exact) mass is 529 g/mol. The van der Waals surface area contributed by atoms with Crippen molar-refractivity contribution >= 4 is 17.6 Å². The lowest BCUT2D eigenvalue weighted by Gasteiger charge is -2.35. The summed E-state index contributed by atoms with van der Waals surface area (Å²) in [5.74, 6) is 0.246. The fourth-order valence-corrected chi connectivity index (χ4v) is 5.40. The van der Waals surface area contributed by atoms with Crippen molar-refractivity contribution in [1.29, 1.82) is 0 Å². The third-order valence-electron chi connectivity index (χ3n) is 7.40. The molecule has 1 aromatic carbocycles. The van der Waals surface area contributed by atoms with Gasteiger partial charge in [0.15, 0.2) is 12.3 Å². The smallest absolute Gasteiger partial charge is 0.422 e. The van der Waals surface area contributed by atoms with Gasteiger partial charge >= 0.3 is 6.18 Å². The molecule has 1 aliphatic heterocycles. The van der Waals surface area contributed by atoms with E-state index in [9.17, 15) is 22.8 Å². The van der Waals surface area contributed by atoms with Crippen molar-refractivity contribution < 1.29 is 27.5 Å². The predicted molar refractivity (Wildman–Crippen MR) is 128 cm³/mol. The maximum atomic E-state index is 13.5. The molecule has 1 spiro atoms. The number of aromatic nitrogens is 5. The lowest BCUT2D eigenvalue weighted by Crippen LogP contribution is -2.49. The lowest BCUT2D eigenvalue weighted by molar-refractivity contribution is -0.153. The molecule has 6 rings (SSSR count). The van der Waals surface area contributed by atoms with E-state index in [0.717, 1.165) is 30.4 Å². The number of rotatable bonds is 7. The highest BCUT2D eigenvalue weighted by atomic mass is 19.4. The highest BCUT2D eigenvalue weighted by Crippen LogP contribution is 2.44. The molecule has 1 fully saturated rings. The maximum Gasteiger partial charge on any atom is 0.422 e. The van der Waals surface area contributed by atoms with Gasteiger partial charge in [0.05, 0.1) is 17.4 Å². The van der Waals surface area contributed by atoms with Gasteiger partial charge in [0, 0.05) is 20.0 Å².